The van der Waals surface area contributed by atoms with Crippen molar-refractivity contribution < 1.29 is 9.53 Å². The van der Waals surface area contributed by atoms with Crippen LogP contribution in [0.1, 0.15) is 37.0 Å². The van der Waals surface area contributed by atoms with Gasteiger partial charge in [0.2, 0.25) is 0 Å². The Kier molecular flexibility index (Phi) is 5.88. The number of amides is 2. The van der Waals surface area contributed by atoms with Gasteiger partial charge in [0.05, 0.1) is 12.6 Å². The van der Waals surface area contributed by atoms with Gasteiger partial charge in [-0.3, -0.25) is 0 Å². The highest BCUT2D eigenvalue weighted by Gasteiger charge is 2.23. The molecule has 0 radical (unpaired) electrons. The number of nitrogens with zero attached hydrogens (tertiary/aromatic N) is 4. The van der Waals surface area contributed by atoms with Gasteiger partial charge in [0.25, 0.3) is 0 Å². The van der Waals surface area contributed by atoms with Crippen LogP contribution in [0.15, 0.2) is 24.3 Å². The fourth-order valence-electron chi connectivity index (χ4n) is 3.33. The van der Waals surface area contributed by atoms with Crippen LogP contribution in [0.5, 0.6) is 0 Å². The molecule has 0 aliphatic carbocycles. The average Bonchev–Trinajstić information content (AvgIpc) is 2.93. The fourth-order valence-corrected chi connectivity index (χ4v) is 3.33. The molecule has 7 heteroatoms. The maximum atomic E-state index is 12.6. The summed E-state index contributed by atoms with van der Waals surface area (Å²) in [5, 5.41) is 7.40. The lowest BCUT2D eigenvalue weighted by molar-refractivity contribution is 0.0181. The third kappa shape index (κ3) is 4.60. The van der Waals surface area contributed by atoms with E-state index < -0.39 is 0 Å². The van der Waals surface area contributed by atoms with Gasteiger partial charge in [-0.1, -0.05) is 12.1 Å². The molecule has 0 bridgehead atoms. The van der Waals surface area contributed by atoms with E-state index in [-0.39, 0.29) is 12.1 Å². The maximum Gasteiger partial charge on any atom is 0.321 e. The molecular formula is C19H27N5O2. The zero-order valence-corrected chi connectivity index (χ0v) is 15.7. The molecule has 1 aromatic carbocycles. The summed E-state index contributed by atoms with van der Waals surface area (Å²) in [5.74, 6) is 1.65. The monoisotopic (exact) mass is 357 g/mol. The first kappa shape index (κ1) is 18.4. The lowest BCUT2D eigenvalue weighted by Crippen LogP contribution is -2.45. The van der Waals surface area contributed by atoms with E-state index in [4.69, 9.17) is 4.74 Å². The van der Waals surface area contributed by atoms with Crippen molar-refractivity contribution in [2.75, 3.05) is 25.0 Å². The van der Waals surface area contributed by atoms with Crippen molar-refractivity contribution in [3.63, 3.8) is 0 Å². The second-order valence-corrected chi connectivity index (χ2v) is 6.66. The molecule has 1 saturated heterocycles. The van der Waals surface area contributed by atoms with Crippen LogP contribution in [0.2, 0.25) is 0 Å². The number of likely N-dealkylation sites (tertiary alicyclic amines) is 1. The van der Waals surface area contributed by atoms with Crippen LogP contribution in [-0.2, 0) is 11.3 Å². The van der Waals surface area contributed by atoms with Crippen LogP contribution in [0.3, 0.4) is 0 Å². The molecular weight excluding hydrogens is 330 g/mol. The minimum absolute atomic E-state index is 0.0701. The van der Waals surface area contributed by atoms with Crippen LogP contribution in [0.25, 0.3) is 0 Å². The van der Waals surface area contributed by atoms with Crippen LogP contribution >= 0.6 is 0 Å². The van der Waals surface area contributed by atoms with Crippen molar-refractivity contribution in [1.29, 1.82) is 0 Å². The molecule has 2 amide bonds. The molecule has 7 nitrogen and oxygen atoms in total. The number of rotatable bonds is 5. The lowest BCUT2D eigenvalue weighted by Gasteiger charge is -2.32. The number of hydrogen-bond acceptors (Lipinski definition) is 4. The van der Waals surface area contributed by atoms with E-state index >= 15 is 0 Å². The molecule has 2 heterocycles. The highest BCUT2D eigenvalue weighted by molar-refractivity contribution is 5.89. The Morgan fingerprint density at radius 2 is 2.23 bits per heavy atom. The van der Waals surface area contributed by atoms with Gasteiger partial charge in [-0.05, 0) is 51.3 Å². The van der Waals surface area contributed by atoms with Crippen molar-refractivity contribution in [3.05, 3.63) is 41.5 Å². The van der Waals surface area contributed by atoms with Crippen molar-refractivity contribution in [3.8, 4) is 0 Å². The summed E-state index contributed by atoms with van der Waals surface area (Å²) in [6.07, 6.45) is 2.14. The molecule has 1 unspecified atom stereocenters. The van der Waals surface area contributed by atoms with E-state index in [1.807, 2.05) is 54.6 Å². The molecule has 140 valence electrons. The number of ether oxygens (including phenoxy) is 1. The van der Waals surface area contributed by atoms with Gasteiger partial charge in [-0.2, -0.15) is 5.10 Å². The molecule has 26 heavy (non-hydrogen) atoms. The molecule has 1 aromatic heterocycles. The predicted octanol–water partition coefficient (Wildman–Crippen LogP) is 2.98. The summed E-state index contributed by atoms with van der Waals surface area (Å²) >= 11 is 0. The number of urea groups is 1. The summed E-state index contributed by atoms with van der Waals surface area (Å²) in [7, 11) is 0. The number of nitrogens with one attached hydrogen (secondary N) is 1. The van der Waals surface area contributed by atoms with Crippen LogP contribution in [-0.4, -0.2) is 51.5 Å². The van der Waals surface area contributed by atoms with E-state index in [0.717, 1.165) is 42.3 Å². The predicted molar refractivity (Wildman–Crippen MR) is 100 cm³/mol. The van der Waals surface area contributed by atoms with Gasteiger partial charge in [-0.25, -0.2) is 14.5 Å². The zero-order valence-electron chi connectivity index (χ0n) is 15.7. The van der Waals surface area contributed by atoms with Gasteiger partial charge in [0, 0.05) is 25.4 Å². The van der Waals surface area contributed by atoms with Gasteiger partial charge in [0.1, 0.15) is 11.6 Å². The highest BCUT2D eigenvalue weighted by atomic mass is 16.5. The van der Waals surface area contributed by atoms with Crippen molar-refractivity contribution in [2.24, 2.45) is 0 Å². The van der Waals surface area contributed by atoms with Crippen LogP contribution in [0, 0.1) is 13.8 Å². The standard InChI is InChI=1S/C19H27N5O2/c1-4-26-18-9-6-10-23(13-18)19(25)21-17-8-5-7-16(11-17)12-24-15(3)20-14(2)22-24/h5,7-8,11,18H,4,6,9-10,12-13H2,1-3H3,(H,21,25). The van der Waals surface area contributed by atoms with Gasteiger partial charge >= 0.3 is 6.03 Å². The van der Waals surface area contributed by atoms with Crippen molar-refractivity contribution >= 4 is 11.7 Å². The third-order valence-electron chi connectivity index (χ3n) is 4.54. The van der Waals surface area contributed by atoms with E-state index in [1.165, 1.54) is 0 Å². The van der Waals surface area contributed by atoms with Crippen molar-refractivity contribution in [2.45, 2.75) is 46.3 Å². The minimum Gasteiger partial charge on any atom is -0.377 e. The first-order valence-corrected chi connectivity index (χ1v) is 9.19. The molecule has 1 aliphatic heterocycles. The third-order valence-corrected chi connectivity index (χ3v) is 4.54. The highest BCUT2D eigenvalue weighted by Crippen LogP contribution is 2.17. The number of hydrogen-bond donors (Lipinski definition) is 1. The normalized spacial score (nSPS) is 17.3. The first-order valence-electron chi connectivity index (χ1n) is 9.19. The second kappa shape index (κ2) is 8.31. The average molecular weight is 357 g/mol. The SMILES string of the molecule is CCOC1CCCN(C(=O)Nc2cccc(Cn3nc(C)nc3C)c2)C1. The fraction of sp³-hybridized carbons (Fsp3) is 0.526. The maximum absolute atomic E-state index is 12.6. The summed E-state index contributed by atoms with van der Waals surface area (Å²) in [4.78, 5) is 18.7. The number of aryl methyl sites for hydroxylation is 2. The quantitative estimate of drug-likeness (QED) is 0.893. The Morgan fingerprint density at radius 3 is 2.96 bits per heavy atom. The Labute approximate surface area is 154 Å². The molecule has 0 saturated carbocycles. The lowest BCUT2D eigenvalue weighted by atomic mass is 10.1. The van der Waals surface area contributed by atoms with Crippen LogP contribution < -0.4 is 5.32 Å². The minimum atomic E-state index is -0.0701. The number of carbonyl (C=O) groups is 1. The van der Waals surface area contributed by atoms with Gasteiger partial charge in [0.15, 0.2) is 0 Å². The largest absolute Gasteiger partial charge is 0.377 e. The Morgan fingerprint density at radius 1 is 1.38 bits per heavy atom. The molecule has 1 fully saturated rings. The number of carbonyl (C=O) groups excluding carboxylic acids is 1. The Hall–Kier alpha value is -2.41. The zero-order chi connectivity index (χ0) is 18.5. The number of anilines is 1. The van der Waals surface area contributed by atoms with Gasteiger partial charge in [-0.15, -0.1) is 0 Å². The Bertz CT molecular complexity index is 756. The topological polar surface area (TPSA) is 72.3 Å². The van der Waals surface area contributed by atoms with E-state index in [1.54, 1.807) is 0 Å². The smallest absolute Gasteiger partial charge is 0.321 e. The Balaban J connectivity index is 1.63. The number of piperidine rings is 1. The molecule has 1 aliphatic rings. The van der Waals surface area contributed by atoms with E-state index in [0.29, 0.717) is 19.7 Å². The summed E-state index contributed by atoms with van der Waals surface area (Å²) in [5.41, 5.74) is 1.86. The summed E-state index contributed by atoms with van der Waals surface area (Å²) in [6, 6.07) is 7.80. The molecule has 1 atom stereocenters. The molecule has 3 rings (SSSR count). The molecule has 1 N–H and O–H groups in total. The van der Waals surface area contributed by atoms with E-state index in [9.17, 15) is 4.79 Å². The van der Waals surface area contributed by atoms with Gasteiger partial charge < -0.3 is 15.0 Å². The second-order valence-electron chi connectivity index (χ2n) is 6.66. The van der Waals surface area contributed by atoms with Crippen LogP contribution in [0.4, 0.5) is 10.5 Å². The first-order chi connectivity index (χ1) is 12.5. The molecule has 2 aromatic rings. The molecule has 0 spiro atoms. The van der Waals surface area contributed by atoms with E-state index in [2.05, 4.69) is 15.4 Å². The summed E-state index contributed by atoms with van der Waals surface area (Å²) < 4.78 is 7.54. The summed E-state index contributed by atoms with van der Waals surface area (Å²) in [6.45, 7) is 8.55. The van der Waals surface area contributed by atoms with Crippen molar-refractivity contribution in [1.82, 2.24) is 19.7 Å². The number of benzene rings is 1. The number of aromatic nitrogens is 3.